The minimum absolute atomic E-state index is 0.000465. The zero-order valence-electron chi connectivity index (χ0n) is 32.5. The predicted molar refractivity (Wildman–Crippen MR) is 203 cm³/mol. The molecule has 6 rings (SSSR count). The molecule has 3 aromatic rings. The smallest absolute Gasteiger partial charge is 0.408 e. The highest BCUT2D eigenvalue weighted by molar-refractivity contribution is 7.91. The molecule has 1 aromatic carbocycles. The average Bonchev–Trinajstić information content (AvgIpc) is 4.02. The van der Waals surface area contributed by atoms with Crippen molar-refractivity contribution in [3.63, 3.8) is 0 Å². The quantitative estimate of drug-likeness (QED) is 0.254. The van der Waals surface area contributed by atoms with Gasteiger partial charge in [-0.1, -0.05) is 33.8 Å². The van der Waals surface area contributed by atoms with Crippen LogP contribution in [-0.2, 0) is 29.1 Å². The largest absolute Gasteiger partial charge is 0.497 e. The lowest BCUT2D eigenvalue weighted by atomic mass is 9.85. The molecule has 15 nitrogen and oxygen atoms in total. The van der Waals surface area contributed by atoms with Gasteiger partial charge in [0.15, 0.2) is 0 Å². The minimum Gasteiger partial charge on any atom is -0.497 e. The van der Waals surface area contributed by atoms with Crippen molar-refractivity contribution in [3.8, 4) is 23.0 Å². The lowest BCUT2D eigenvalue weighted by Gasteiger charge is -2.36. The first-order chi connectivity index (χ1) is 25.7. The summed E-state index contributed by atoms with van der Waals surface area (Å²) >= 11 is 0. The fourth-order valence-electron chi connectivity index (χ4n) is 6.80. The number of aromatic nitrogens is 2. The number of fused-ring (bicyclic) bond motifs is 1. The van der Waals surface area contributed by atoms with Gasteiger partial charge in [-0.2, -0.15) is 0 Å². The maximum absolute atomic E-state index is 14.6. The Morgan fingerprint density at radius 3 is 2.29 bits per heavy atom. The van der Waals surface area contributed by atoms with Gasteiger partial charge in [0.05, 0.1) is 30.3 Å². The van der Waals surface area contributed by atoms with Gasteiger partial charge in [0.1, 0.15) is 35.1 Å². The molecule has 0 spiro atoms. The molecule has 1 aliphatic heterocycles. The van der Waals surface area contributed by atoms with Crippen LogP contribution >= 0.6 is 0 Å². The molecule has 2 aliphatic carbocycles. The number of carbonyl (C=O) groups excluding carboxylic acids is 4. The van der Waals surface area contributed by atoms with E-state index in [0.717, 1.165) is 5.39 Å². The molecular formula is C39H50N6O9S. The van der Waals surface area contributed by atoms with E-state index in [9.17, 15) is 27.6 Å². The highest BCUT2D eigenvalue weighted by Crippen LogP contribution is 2.44. The number of pyridine rings is 2. The van der Waals surface area contributed by atoms with E-state index in [2.05, 4.69) is 20.3 Å². The predicted octanol–water partition coefficient (Wildman–Crippen LogP) is 4.10. The Balaban J connectivity index is 1.33. The van der Waals surface area contributed by atoms with Crippen LogP contribution in [0.25, 0.3) is 22.2 Å². The molecule has 0 bridgehead atoms. The summed E-state index contributed by atoms with van der Waals surface area (Å²) in [5, 5.41) is 6.32. The van der Waals surface area contributed by atoms with Crippen molar-refractivity contribution in [2.24, 2.45) is 11.3 Å². The van der Waals surface area contributed by atoms with Crippen molar-refractivity contribution in [3.05, 3.63) is 48.7 Å². The Labute approximate surface area is 321 Å². The van der Waals surface area contributed by atoms with Crippen LogP contribution in [0.3, 0.4) is 0 Å². The fraction of sp³-hybridized carbons (Fsp3) is 0.538. The van der Waals surface area contributed by atoms with Crippen molar-refractivity contribution >= 4 is 44.6 Å². The zero-order chi connectivity index (χ0) is 40.1. The number of nitrogens with zero attached hydrogens (tertiary/aromatic N) is 3. The van der Waals surface area contributed by atoms with Gasteiger partial charge < -0.3 is 29.7 Å². The zero-order valence-corrected chi connectivity index (χ0v) is 33.3. The molecule has 3 fully saturated rings. The Hall–Kier alpha value is -4.99. The average molecular weight is 779 g/mol. The molecule has 2 aromatic heterocycles. The van der Waals surface area contributed by atoms with Gasteiger partial charge in [0.2, 0.25) is 27.7 Å². The van der Waals surface area contributed by atoms with Gasteiger partial charge in [0.25, 0.3) is 5.91 Å². The van der Waals surface area contributed by atoms with E-state index in [4.69, 9.17) is 19.2 Å². The lowest BCUT2D eigenvalue weighted by molar-refractivity contribution is -0.143. The van der Waals surface area contributed by atoms with Crippen LogP contribution in [-0.4, -0.2) is 95.3 Å². The second-order valence-corrected chi connectivity index (χ2v) is 18.7. The summed E-state index contributed by atoms with van der Waals surface area (Å²) in [5.74, 6) is -1.52. The van der Waals surface area contributed by atoms with E-state index in [1.165, 1.54) is 4.90 Å². The highest BCUT2D eigenvalue weighted by Gasteiger charge is 2.61. The van der Waals surface area contributed by atoms with Crippen LogP contribution in [0.1, 0.15) is 74.1 Å². The molecule has 296 valence electrons. The van der Waals surface area contributed by atoms with Crippen LogP contribution in [0.2, 0.25) is 0 Å². The van der Waals surface area contributed by atoms with Crippen LogP contribution in [0, 0.1) is 11.3 Å². The third-order valence-corrected chi connectivity index (χ3v) is 11.9. The maximum atomic E-state index is 14.6. The molecule has 1 unspecified atom stereocenters. The van der Waals surface area contributed by atoms with E-state index in [1.807, 2.05) is 30.3 Å². The topological polar surface area (TPSA) is 195 Å². The molecule has 3 N–H and O–H groups in total. The van der Waals surface area contributed by atoms with Gasteiger partial charge >= 0.3 is 6.09 Å². The second kappa shape index (κ2) is 14.6. The lowest BCUT2D eigenvalue weighted by Crippen LogP contribution is -2.60. The van der Waals surface area contributed by atoms with E-state index >= 15 is 0 Å². The van der Waals surface area contributed by atoms with E-state index in [-0.39, 0.29) is 31.2 Å². The summed E-state index contributed by atoms with van der Waals surface area (Å²) in [4.78, 5) is 66.0. The number of sulfonamides is 1. The number of methoxy groups -OCH3 is 1. The van der Waals surface area contributed by atoms with Crippen molar-refractivity contribution in [1.82, 2.24) is 30.2 Å². The summed E-state index contributed by atoms with van der Waals surface area (Å²) in [6.07, 6.45) is 1.24. The van der Waals surface area contributed by atoms with Gasteiger partial charge in [0, 0.05) is 18.0 Å². The van der Waals surface area contributed by atoms with E-state index in [0.29, 0.717) is 35.4 Å². The summed E-state index contributed by atoms with van der Waals surface area (Å²) in [6, 6.07) is 10.5. The number of hydrogen-bond acceptors (Lipinski definition) is 11. The third kappa shape index (κ3) is 8.79. The summed E-state index contributed by atoms with van der Waals surface area (Å²) in [7, 11) is -2.31. The SMILES string of the molecule is COc1ccc2c(O[C@@H]3C[C@@H](C(=O)N[C@]4(C(=O)NS(=O)(=O)C5CC5)CC4C)N(C(=O)[C@@H](NC(=O)OC(C)(C)C)C(C)(C)C)C3)nc(-c3ccccn3)cc2c1. The van der Waals surface area contributed by atoms with Crippen molar-refractivity contribution in [2.75, 3.05) is 13.7 Å². The molecule has 2 saturated carbocycles. The number of likely N-dealkylation sites (tertiary alicyclic amines) is 1. The number of benzene rings is 1. The minimum atomic E-state index is -3.88. The van der Waals surface area contributed by atoms with Gasteiger partial charge in [-0.15, -0.1) is 0 Å². The van der Waals surface area contributed by atoms with Crippen molar-refractivity contribution < 1.29 is 41.8 Å². The summed E-state index contributed by atoms with van der Waals surface area (Å²) < 4.78 is 45.1. The maximum Gasteiger partial charge on any atom is 0.408 e. The number of amides is 4. The van der Waals surface area contributed by atoms with Crippen LogP contribution in [0.15, 0.2) is 48.7 Å². The van der Waals surface area contributed by atoms with Gasteiger partial charge in [-0.25, -0.2) is 18.2 Å². The molecule has 3 heterocycles. The first-order valence-electron chi connectivity index (χ1n) is 18.5. The molecule has 1 saturated heterocycles. The molecule has 3 aliphatic rings. The van der Waals surface area contributed by atoms with Gasteiger partial charge in [-0.3, -0.25) is 24.1 Å². The normalized spacial score (nSPS) is 23.1. The first-order valence-corrected chi connectivity index (χ1v) is 20.0. The first kappa shape index (κ1) is 39.7. The van der Waals surface area contributed by atoms with Crippen LogP contribution in [0.4, 0.5) is 4.79 Å². The molecule has 5 atom stereocenters. The Kier molecular flexibility index (Phi) is 10.5. The summed E-state index contributed by atoms with van der Waals surface area (Å²) in [6.45, 7) is 12.1. The highest BCUT2D eigenvalue weighted by atomic mass is 32.2. The van der Waals surface area contributed by atoms with Crippen molar-refractivity contribution in [1.29, 1.82) is 0 Å². The number of rotatable bonds is 11. The second-order valence-electron chi connectivity index (χ2n) is 16.8. The Morgan fingerprint density at radius 1 is 1.00 bits per heavy atom. The molecule has 16 heteroatoms. The molecular weight excluding hydrogens is 729 g/mol. The fourth-order valence-corrected chi connectivity index (χ4v) is 8.16. The summed E-state index contributed by atoms with van der Waals surface area (Å²) in [5.41, 5.74) is -2.01. The molecule has 0 radical (unpaired) electrons. The molecule has 4 amide bonds. The van der Waals surface area contributed by atoms with Crippen LogP contribution in [0.5, 0.6) is 11.6 Å². The standard InChI is InChI=1S/C39H50N6O9S/c1-22-20-39(22,35(48)44-55(50,51)26-13-14-26)43-32(46)30-19-25(21-45(30)34(47)31(37(2,3)4)42-36(49)54-38(5,6)7)53-33-27-15-12-24(52-8)17-23(27)18-29(41-33)28-11-9-10-16-40-28/h9-12,15-18,22,25-26,30-31H,13-14,19-21H2,1-8H3,(H,42,49)(H,43,46)(H,44,48)/t22?,25-,30+,31-,39-/m1/s1. The monoisotopic (exact) mass is 778 g/mol. The number of carbonyl (C=O) groups is 4. The van der Waals surface area contributed by atoms with E-state index < -0.39 is 73.8 Å². The molecule has 55 heavy (non-hydrogen) atoms. The number of alkyl carbamates (subject to hydrolysis) is 1. The van der Waals surface area contributed by atoms with Crippen molar-refractivity contribution in [2.45, 2.75) is 109 Å². The third-order valence-electron chi connectivity index (χ3n) is 10.1. The van der Waals surface area contributed by atoms with Crippen LogP contribution < -0.4 is 24.8 Å². The Bertz CT molecular complexity index is 2100. The Morgan fingerprint density at radius 2 is 1.71 bits per heavy atom. The number of hydrogen-bond donors (Lipinski definition) is 3. The van der Waals surface area contributed by atoms with E-state index in [1.54, 1.807) is 73.9 Å². The van der Waals surface area contributed by atoms with Gasteiger partial charge in [-0.05, 0) is 93.2 Å². The number of ether oxygens (including phenoxy) is 3. The number of nitrogens with one attached hydrogen (secondary N) is 3.